The lowest BCUT2D eigenvalue weighted by atomic mass is 10.1. The Kier molecular flexibility index (Phi) is 5.11. The highest BCUT2D eigenvalue weighted by molar-refractivity contribution is 7.89. The van der Waals surface area contributed by atoms with Crippen LogP contribution in [0.4, 0.5) is 0 Å². The number of rotatable bonds is 6. The second-order valence-electron chi connectivity index (χ2n) is 5.74. The van der Waals surface area contributed by atoms with Gasteiger partial charge in [-0.05, 0) is 29.8 Å². The highest BCUT2D eigenvalue weighted by Crippen LogP contribution is 2.48. The summed E-state index contributed by atoms with van der Waals surface area (Å²) in [5.74, 6) is 0.163. The van der Waals surface area contributed by atoms with Crippen molar-refractivity contribution in [1.82, 2.24) is 4.31 Å². The van der Waals surface area contributed by atoms with Gasteiger partial charge in [-0.15, -0.1) is 0 Å². The molecule has 2 aromatic rings. The Morgan fingerprint density at radius 2 is 1.69 bits per heavy atom. The number of carbonyl (C=O) groups is 1. The molecule has 1 fully saturated rings. The molecule has 0 N–H and O–H groups in total. The molecule has 0 aromatic heterocycles. The van der Waals surface area contributed by atoms with Crippen LogP contribution in [-0.2, 0) is 19.6 Å². The minimum atomic E-state index is -3.68. The van der Waals surface area contributed by atoms with Crippen molar-refractivity contribution in [2.75, 3.05) is 14.2 Å². The van der Waals surface area contributed by atoms with Gasteiger partial charge in [0.05, 0.1) is 31.2 Å². The summed E-state index contributed by atoms with van der Waals surface area (Å²) < 4.78 is 37.1. The Morgan fingerprint density at radius 1 is 1.04 bits per heavy atom. The molecule has 0 bridgehead atoms. The monoisotopic (exact) mass is 373 g/mol. The maximum atomic E-state index is 13.0. The molecule has 136 valence electrons. The lowest BCUT2D eigenvalue weighted by Gasteiger charge is -2.07. The lowest BCUT2D eigenvalue weighted by Crippen LogP contribution is -2.14. The minimum Gasteiger partial charge on any atom is -0.497 e. The zero-order chi connectivity index (χ0) is 18.7. The van der Waals surface area contributed by atoms with Crippen molar-refractivity contribution in [3.63, 3.8) is 0 Å². The number of benzene rings is 2. The van der Waals surface area contributed by atoms with Gasteiger partial charge in [-0.3, -0.25) is 0 Å². The first-order valence-corrected chi connectivity index (χ1v) is 9.41. The van der Waals surface area contributed by atoms with E-state index in [1.54, 1.807) is 55.7 Å². The van der Waals surface area contributed by atoms with E-state index in [1.807, 2.05) is 12.1 Å². The number of esters is 1. The first kappa shape index (κ1) is 18.2. The van der Waals surface area contributed by atoms with E-state index in [2.05, 4.69) is 4.74 Å². The predicted octanol–water partition coefficient (Wildman–Crippen LogP) is 2.54. The van der Waals surface area contributed by atoms with Gasteiger partial charge in [-0.25, -0.2) is 13.2 Å². The van der Waals surface area contributed by atoms with Crippen LogP contribution >= 0.6 is 0 Å². The topological polar surface area (TPSA) is 72.7 Å². The summed E-state index contributed by atoms with van der Waals surface area (Å²) in [6.45, 7) is 0. The molecule has 0 radical (unpaired) electrons. The zero-order valence-corrected chi connectivity index (χ0v) is 15.2. The molecule has 3 atom stereocenters. The van der Waals surface area contributed by atoms with Gasteiger partial charge in [0.15, 0.2) is 0 Å². The first-order valence-electron chi connectivity index (χ1n) is 7.97. The van der Waals surface area contributed by atoms with E-state index < -0.39 is 22.0 Å². The van der Waals surface area contributed by atoms with E-state index in [4.69, 9.17) is 4.74 Å². The molecule has 7 heteroatoms. The Bertz CT molecular complexity index is 907. The molecule has 1 aliphatic rings. The van der Waals surface area contributed by atoms with Gasteiger partial charge in [-0.1, -0.05) is 36.4 Å². The molecule has 0 spiro atoms. The third-order valence-corrected chi connectivity index (χ3v) is 6.10. The van der Waals surface area contributed by atoms with Crippen molar-refractivity contribution in [3.8, 4) is 5.75 Å². The number of methoxy groups -OCH3 is 2. The van der Waals surface area contributed by atoms with Crippen LogP contribution in [0, 0.1) is 0 Å². The van der Waals surface area contributed by atoms with Gasteiger partial charge in [-0.2, -0.15) is 4.31 Å². The standard InChI is InChI=1S/C19H19NO5S/c1-24-15-10-8-14(9-11-15)19-17(12-13-18(21)25-2)20(19)26(22,23)16-6-4-3-5-7-16/h3-13,17,19H,1-2H3/b13-12+/t17-,19+,20?/m1/s1. The fourth-order valence-corrected chi connectivity index (χ4v) is 4.57. The maximum absolute atomic E-state index is 13.0. The van der Waals surface area contributed by atoms with E-state index in [9.17, 15) is 13.2 Å². The third-order valence-electron chi connectivity index (χ3n) is 4.21. The largest absolute Gasteiger partial charge is 0.497 e. The SMILES string of the molecule is COC(=O)/C=C/[C@@H]1[C@H](c2ccc(OC)cc2)N1S(=O)(=O)c1ccccc1. The number of carbonyl (C=O) groups excluding carboxylic acids is 1. The Balaban J connectivity index is 1.94. The number of nitrogens with zero attached hydrogens (tertiary/aromatic N) is 1. The summed E-state index contributed by atoms with van der Waals surface area (Å²) in [6, 6.07) is 14.6. The molecule has 26 heavy (non-hydrogen) atoms. The molecule has 1 heterocycles. The van der Waals surface area contributed by atoms with Gasteiger partial charge < -0.3 is 9.47 Å². The van der Waals surface area contributed by atoms with E-state index in [0.717, 1.165) is 5.56 Å². The Morgan fingerprint density at radius 3 is 2.27 bits per heavy atom. The maximum Gasteiger partial charge on any atom is 0.330 e. The molecule has 0 aliphatic carbocycles. The molecule has 2 aromatic carbocycles. The molecule has 0 amide bonds. The van der Waals surface area contributed by atoms with Crippen molar-refractivity contribution in [1.29, 1.82) is 0 Å². The average molecular weight is 373 g/mol. The van der Waals surface area contributed by atoms with E-state index >= 15 is 0 Å². The van der Waals surface area contributed by atoms with E-state index in [-0.39, 0.29) is 10.9 Å². The summed E-state index contributed by atoms with van der Waals surface area (Å²) >= 11 is 0. The van der Waals surface area contributed by atoms with Gasteiger partial charge in [0.25, 0.3) is 0 Å². The molecule has 0 saturated carbocycles. The molecule has 1 saturated heterocycles. The summed E-state index contributed by atoms with van der Waals surface area (Å²) in [5.41, 5.74) is 0.824. The molecule has 1 aliphatic heterocycles. The Hall–Kier alpha value is -2.64. The summed E-state index contributed by atoms with van der Waals surface area (Å²) in [7, 11) is -0.837. The van der Waals surface area contributed by atoms with Crippen LogP contribution in [0.5, 0.6) is 5.75 Å². The first-order chi connectivity index (χ1) is 12.5. The minimum absolute atomic E-state index is 0.215. The smallest absolute Gasteiger partial charge is 0.330 e. The van der Waals surface area contributed by atoms with Crippen LogP contribution in [-0.4, -0.2) is 39.0 Å². The van der Waals surface area contributed by atoms with Crippen LogP contribution in [0.25, 0.3) is 0 Å². The third kappa shape index (κ3) is 3.49. The highest BCUT2D eigenvalue weighted by atomic mass is 32.2. The molecular weight excluding hydrogens is 354 g/mol. The van der Waals surface area contributed by atoms with Crippen molar-refractivity contribution < 1.29 is 22.7 Å². The van der Waals surface area contributed by atoms with E-state index in [0.29, 0.717) is 5.75 Å². The second-order valence-corrected chi connectivity index (χ2v) is 7.58. The fourth-order valence-electron chi connectivity index (χ4n) is 2.83. The normalized spacial score (nSPS) is 22.2. The van der Waals surface area contributed by atoms with Gasteiger partial charge >= 0.3 is 5.97 Å². The quantitative estimate of drug-likeness (QED) is 0.442. The highest BCUT2D eigenvalue weighted by Gasteiger charge is 2.54. The molecule has 1 unspecified atom stereocenters. The van der Waals surface area contributed by atoms with Crippen LogP contribution in [0.15, 0.2) is 71.6 Å². The van der Waals surface area contributed by atoms with Gasteiger partial charge in [0, 0.05) is 6.08 Å². The summed E-state index contributed by atoms with van der Waals surface area (Å²) in [4.78, 5) is 11.6. The number of sulfonamides is 1. The fraction of sp³-hybridized carbons (Fsp3) is 0.211. The van der Waals surface area contributed by atoms with Crippen molar-refractivity contribution in [2.45, 2.75) is 17.0 Å². The zero-order valence-electron chi connectivity index (χ0n) is 14.4. The van der Waals surface area contributed by atoms with Crippen molar-refractivity contribution in [3.05, 3.63) is 72.3 Å². The van der Waals surface area contributed by atoms with Crippen LogP contribution in [0.2, 0.25) is 0 Å². The van der Waals surface area contributed by atoms with Crippen LogP contribution in [0.3, 0.4) is 0 Å². The lowest BCUT2D eigenvalue weighted by molar-refractivity contribution is -0.134. The number of hydrogen-bond acceptors (Lipinski definition) is 5. The summed E-state index contributed by atoms with van der Waals surface area (Å²) in [6.07, 6.45) is 2.81. The van der Waals surface area contributed by atoms with Gasteiger partial charge in [0.2, 0.25) is 10.0 Å². The van der Waals surface area contributed by atoms with Gasteiger partial charge in [0.1, 0.15) is 5.75 Å². The van der Waals surface area contributed by atoms with Crippen molar-refractivity contribution >= 4 is 16.0 Å². The molecule has 3 rings (SSSR count). The van der Waals surface area contributed by atoms with E-state index in [1.165, 1.54) is 17.5 Å². The second kappa shape index (κ2) is 7.31. The van der Waals surface area contributed by atoms with Crippen LogP contribution in [0.1, 0.15) is 11.6 Å². The van der Waals surface area contributed by atoms with Crippen LogP contribution < -0.4 is 4.74 Å². The molecular formula is C19H19NO5S. The van der Waals surface area contributed by atoms with Crippen molar-refractivity contribution in [2.24, 2.45) is 0 Å². The Labute approximate surface area is 152 Å². The number of hydrogen-bond donors (Lipinski definition) is 0. The predicted molar refractivity (Wildman–Crippen MR) is 96.1 cm³/mol. The number of ether oxygens (including phenoxy) is 2. The summed E-state index contributed by atoms with van der Waals surface area (Å²) in [5, 5.41) is 0. The average Bonchev–Trinajstić information content (AvgIpc) is 3.42. The molecule has 6 nitrogen and oxygen atoms in total.